The fraction of sp³-hybridized carbons (Fsp3) is 0.304. The first-order valence-corrected chi connectivity index (χ1v) is 12.4. The number of ether oxygens (including phenoxy) is 3. The molecule has 0 bridgehead atoms. The molecule has 4 aromatic rings. The van der Waals surface area contributed by atoms with Gasteiger partial charge in [-0.1, -0.05) is 6.07 Å². The van der Waals surface area contributed by atoms with Crippen LogP contribution in [0.1, 0.15) is 18.4 Å². The number of benzene rings is 1. The lowest BCUT2D eigenvalue weighted by atomic mass is 10.2. The van der Waals surface area contributed by atoms with Gasteiger partial charge in [-0.15, -0.1) is 10.2 Å². The third kappa shape index (κ3) is 4.83. The van der Waals surface area contributed by atoms with E-state index in [1.165, 1.54) is 40.0 Å². The number of aromatic nitrogens is 5. The summed E-state index contributed by atoms with van der Waals surface area (Å²) in [4.78, 5) is 8.32. The van der Waals surface area contributed by atoms with Crippen LogP contribution in [-0.2, 0) is 22.0 Å². The Morgan fingerprint density at radius 1 is 0.971 bits per heavy atom. The zero-order valence-corrected chi connectivity index (χ0v) is 20.5. The van der Waals surface area contributed by atoms with E-state index in [0.717, 1.165) is 0 Å². The highest BCUT2D eigenvalue weighted by atomic mass is 32.2. The van der Waals surface area contributed by atoms with Gasteiger partial charge >= 0.3 is 0 Å². The highest BCUT2D eigenvalue weighted by Crippen LogP contribution is 2.37. The maximum Gasteiger partial charge on any atom is 0.235 e. The first-order chi connectivity index (χ1) is 16.9. The third-order valence-corrected chi connectivity index (χ3v) is 7.50. The average molecular weight is 500 g/mol. The van der Waals surface area contributed by atoms with E-state index in [4.69, 9.17) is 18.6 Å². The van der Waals surface area contributed by atoms with Crippen LogP contribution in [0.15, 0.2) is 53.4 Å². The van der Waals surface area contributed by atoms with Gasteiger partial charge in [0.2, 0.25) is 11.7 Å². The number of para-hydroxylation sites is 1. The molecule has 0 amide bonds. The Morgan fingerprint density at radius 2 is 1.69 bits per heavy atom. The minimum atomic E-state index is -3.72. The number of furan rings is 1. The van der Waals surface area contributed by atoms with Crippen LogP contribution in [-0.4, -0.2) is 59.7 Å². The molecule has 0 saturated carbocycles. The first-order valence-electron chi connectivity index (χ1n) is 10.6. The van der Waals surface area contributed by atoms with Gasteiger partial charge in [0.15, 0.2) is 21.4 Å². The highest BCUT2D eigenvalue weighted by Gasteiger charge is 2.30. The van der Waals surface area contributed by atoms with E-state index in [2.05, 4.69) is 20.2 Å². The molecule has 0 saturated heterocycles. The number of hydrogen-bond acceptors (Lipinski definition) is 10. The number of nitrogens with zero attached hydrogens (tertiary/aromatic N) is 5. The van der Waals surface area contributed by atoms with Gasteiger partial charge in [-0.3, -0.25) is 9.55 Å². The van der Waals surface area contributed by atoms with Gasteiger partial charge in [-0.25, -0.2) is 13.4 Å². The lowest BCUT2D eigenvalue weighted by Gasteiger charge is -2.18. The number of rotatable bonds is 10. The maximum atomic E-state index is 13.4. The van der Waals surface area contributed by atoms with E-state index in [1.54, 1.807) is 41.8 Å². The molecule has 1 atom stereocenters. The van der Waals surface area contributed by atoms with Crippen LogP contribution < -0.4 is 14.2 Å². The van der Waals surface area contributed by atoms with E-state index in [-0.39, 0.29) is 18.1 Å². The van der Waals surface area contributed by atoms with Crippen molar-refractivity contribution in [1.29, 1.82) is 0 Å². The molecule has 4 rings (SSSR count). The summed E-state index contributed by atoms with van der Waals surface area (Å²) in [5, 5.41) is 7.66. The van der Waals surface area contributed by atoms with Crippen LogP contribution in [0.4, 0.5) is 0 Å². The standard InChI is InChI=1S/C23H25N5O6S/c1-15(13-16-23(33-4)25-11-10-24-16)35(29,30)14-20-26-27-22(19-9-6-12-34-19)28(20)21-17(31-2)7-5-8-18(21)32-3/h5-12,15H,13-14H2,1-4H3/t15-/m0/s1. The molecule has 0 unspecified atom stereocenters. The Hall–Kier alpha value is -3.93. The number of methoxy groups -OCH3 is 3. The second-order valence-corrected chi connectivity index (χ2v) is 10.0. The summed E-state index contributed by atoms with van der Waals surface area (Å²) in [6.45, 7) is 1.61. The lowest BCUT2D eigenvalue weighted by molar-refractivity contribution is 0.388. The summed E-state index contributed by atoms with van der Waals surface area (Å²) in [7, 11) is 0.775. The zero-order chi connectivity index (χ0) is 25.0. The molecule has 35 heavy (non-hydrogen) atoms. The van der Waals surface area contributed by atoms with Crippen LogP contribution in [0.5, 0.6) is 17.4 Å². The Balaban J connectivity index is 1.78. The van der Waals surface area contributed by atoms with Crippen LogP contribution in [0.25, 0.3) is 17.3 Å². The zero-order valence-electron chi connectivity index (χ0n) is 19.7. The summed E-state index contributed by atoms with van der Waals surface area (Å²) in [6.07, 6.45) is 4.61. The Morgan fingerprint density at radius 3 is 2.31 bits per heavy atom. The van der Waals surface area contributed by atoms with Crippen LogP contribution >= 0.6 is 0 Å². The SMILES string of the molecule is COc1cccc(OC)c1-n1c(CS(=O)(=O)[C@@H](C)Cc2nccnc2OC)nnc1-c1ccco1. The molecule has 3 aromatic heterocycles. The Bertz CT molecular complexity index is 1380. The predicted octanol–water partition coefficient (Wildman–Crippen LogP) is 2.89. The monoisotopic (exact) mass is 499 g/mol. The lowest BCUT2D eigenvalue weighted by Crippen LogP contribution is -2.24. The third-order valence-electron chi connectivity index (χ3n) is 5.45. The van der Waals surface area contributed by atoms with Gasteiger partial charge in [0, 0.05) is 18.8 Å². The number of sulfone groups is 1. The van der Waals surface area contributed by atoms with E-state index in [1.807, 2.05) is 0 Å². The fourth-order valence-electron chi connectivity index (χ4n) is 3.65. The van der Waals surface area contributed by atoms with Gasteiger partial charge in [-0.05, 0) is 31.2 Å². The largest absolute Gasteiger partial charge is 0.494 e. The Labute approximate surface area is 202 Å². The van der Waals surface area contributed by atoms with E-state index >= 15 is 0 Å². The average Bonchev–Trinajstić information content (AvgIpc) is 3.53. The Kier molecular flexibility index (Phi) is 7.01. The molecule has 0 aliphatic rings. The first kappa shape index (κ1) is 24.2. The van der Waals surface area contributed by atoms with Crippen molar-refractivity contribution in [3.63, 3.8) is 0 Å². The maximum absolute atomic E-state index is 13.4. The van der Waals surface area contributed by atoms with Crippen molar-refractivity contribution in [2.45, 2.75) is 24.3 Å². The second kappa shape index (κ2) is 10.1. The minimum absolute atomic E-state index is 0.122. The molecule has 0 aliphatic heterocycles. The van der Waals surface area contributed by atoms with Gasteiger partial charge in [0.05, 0.1) is 32.8 Å². The highest BCUT2D eigenvalue weighted by molar-refractivity contribution is 7.91. The molecule has 0 fully saturated rings. The van der Waals surface area contributed by atoms with Crippen molar-refractivity contribution in [2.24, 2.45) is 0 Å². The molecule has 0 radical (unpaired) electrons. The number of hydrogen-bond donors (Lipinski definition) is 0. The van der Waals surface area contributed by atoms with Gasteiger partial charge < -0.3 is 18.6 Å². The topological polar surface area (TPSA) is 131 Å². The molecule has 184 valence electrons. The smallest absolute Gasteiger partial charge is 0.235 e. The van der Waals surface area contributed by atoms with Crippen molar-refractivity contribution >= 4 is 9.84 Å². The summed E-state index contributed by atoms with van der Waals surface area (Å²) in [5.41, 5.74) is 0.914. The summed E-state index contributed by atoms with van der Waals surface area (Å²) < 4.78 is 50.3. The van der Waals surface area contributed by atoms with Crippen LogP contribution in [0.3, 0.4) is 0 Å². The molecular weight excluding hydrogens is 474 g/mol. The normalized spacial score (nSPS) is 12.3. The van der Waals surface area contributed by atoms with Gasteiger partial charge in [0.1, 0.15) is 28.6 Å². The van der Waals surface area contributed by atoms with Crippen LogP contribution in [0, 0.1) is 0 Å². The fourth-order valence-corrected chi connectivity index (χ4v) is 4.89. The molecule has 1 aromatic carbocycles. The van der Waals surface area contributed by atoms with Gasteiger partial charge in [0.25, 0.3) is 0 Å². The van der Waals surface area contributed by atoms with Crippen molar-refractivity contribution < 1.29 is 27.0 Å². The molecule has 0 spiro atoms. The van der Waals surface area contributed by atoms with Gasteiger partial charge in [-0.2, -0.15) is 0 Å². The predicted molar refractivity (Wildman–Crippen MR) is 127 cm³/mol. The second-order valence-electron chi connectivity index (χ2n) is 7.60. The van der Waals surface area contributed by atoms with E-state index < -0.39 is 20.8 Å². The summed E-state index contributed by atoms with van der Waals surface area (Å²) in [5.74, 6) is 1.69. The molecule has 12 heteroatoms. The summed E-state index contributed by atoms with van der Waals surface area (Å²) in [6, 6.07) is 8.67. The molecule has 0 N–H and O–H groups in total. The van der Waals surface area contributed by atoms with Crippen molar-refractivity contribution in [2.75, 3.05) is 21.3 Å². The van der Waals surface area contributed by atoms with E-state index in [9.17, 15) is 8.42 Å². The minimum Gasteiger partial charge on any atom is -0.494 e. The molecule has 11 nitrogen and oxygen atoms in total. The van der Waals surface area contributed by atoms with Crippen LogP contribution in [0.2, 0.25) is 0 Å². The quantitative estimate of drug-likeness (QED) is 0.321. The molecule has 0 aliphatic carbocycles. The summed E-state index contributed by atoms with van der Waals surface area (Å²) >= 11 is 0. The molecule has 3 heterocycles. The van der Waals surface area contributed by atoms with Crippen molar-refractivity contribution in [3.05, 3.63) is 60.5 Å². The van der Waals surface area contributed by atoms with Crippen molar-refractivity contribution in [1.82, 2.24) is 24.7 Å². The van der Waals surface area contributed by atoms with E-state index in [0.29, 0.717) is 34.5 Å². The molecular formula is C23H25N5O6S. The van der Waals surface area contributed by atoms with Crippen molar-refractivity contribution in [3.8, 4) is 34.7 Å².